The van der Waals surface area contributed by atoms with Crippen molar-refractivity contribution in [3.05, 3.63) is 24.0 Å². The van der Waals surface area contributed by atoms with Crippen LogP contribution in [0.15, 0.2) is 18.5 Å². The Morgan fingerprint density at radius 1 is 1.27 bits per heavy atom. The molecule has 0 unspecified atom stereocenters. The van der Waals surface area contributed by atoms with E-state index in [1.807, 2.05) is 12.4 Å². The van der Waals surface area contributed by atoms with Crippen LogP contribution in [-0.4, -0.2) is 31.2 Å². The van der Waals surface area contributed by atoms with E-state index in [1.165, 1.54) is 11.3 Å². The molecule has 86 valence electrons. The second-order valence-electron chi connectivity index (χ2n) is 3.40. The van der Waals surface area contributed by atoms with Crippen LogP contribution in [0.25, 0.3) is 0 Å². The van der Waals surface area contributed by atoms with E-state index in [4.69, 9.17) is 0 Å². The van der Waals surface area contributed by atoms with Crippen molar-refractivity contribution in [1.29, 1.82) is 0 Å². The zero-order chi connectivity index (χ0) is 9.10. The van der Waals surface area contributed by atoms with Crippen LogP contribution in [0.3, 0.4) is 0 Å². The lowest BCUT2D eigenvalue weighted by atomic mass is 10.2. The van der Waals surface area contributed by atoms with Gasteiger partial charge in [0, 0.05) is 32.4 Å². The van der Waals surface area contributed by atoms with Gasteiger partial charge in [-0.25, -0.2) is 0 Å². The second-order valence-corrected chi connectivity index (χ2v) is 3.40. The number of hydrogen-bond acceptors (Lipinski definition) is 3. The van der Waals surface area contributed by atoms with E-state index in [2.05, 4.69) is 28.2 Å². The van der Waals surface area contributed by atoms with Crippen molar-refractivity contribution in [3.63, 3.8) is 0 Å². The summed E-state index contributed by atoms with van der Waals surface area (Å²) in [6, 6.07) is 2.07. The molecule has 2 rings (SSSR count). The molecule has 5 heteroatoms. The Morgan fingerprint density at radius 3 is 2.53 bits per heavy atom. The molecule has 1 aromatic rings. The van der Waals surface area contributed by atoms with Gasteiger partial charge in [0.05, 0.1) is 11.9 Å². The fraction of sp³-hybridized carbons (Fsp3) is 0.500. The minimum Gasteiger partial charge on any atom is -0.368 e. The van der Waals surface area contributed by atoms with Crippen molar-refractivity contribution in [2.45, 2.75) is 6.92 Å². The first kappa shape index (κ1) is 14.5. The first-order valence-electron chi connectivity index (χ1n) is 4.74. The smallest absolute Gasteiger partial charge is 0.0583 e. The van der Waals surface area contributed by atoms with Crippen LogP contribution in [0, 0.1) is 6.92 Å². The summed E-state index contributed by atoms with van der Waals surface area (Å²) in [5.74, 6) is 0. The van der Waals surface area contributed by atoms with Crippen molar-refractivity contribution in [2.24, 2.45) is 0 Å². The number of piperazine rings is 1. The Labute approximate surface area is 103 Å². The maximum Gasteiger partial charge on any atom is 0.0583 e. The Morgan fingerprint density at radius 2 is 1.93 bits per heavy atom. The summed E-state index contributed by atoms with van der Waals surface area (Å²) in [6.07, 6.45) is 3.81. The number of anilines is 1. The van der Waals surface area contributed by atoms with E-state index in [1.54, 1.807) is 0 Å². The van der Waals surface area contributed by atoms with Crippen LogP contribution in [-0.2, 0) is 0 Å². The van der Waals surface area contributed by atoms with Crippen molar-refractivity contribution < 1.29 is 0 Å². The van der Waals surface area contributed by atoms with Gasteiger partial charge in [-0.3, -0.25) is 4.98 Å². The molecule has 1 aliphatic heterocycles. The van der Waals surface area contributed by atoms with Gasteiger partial charge >= 0.3 is 0 Å². The molecule has 1 aliphatic rings. The molecule has 3 nitrogen and oxygen atoms in total. The first-order chi connectivity index (χ1) is 6.38. The fourth-order valence-electron chi connectivity index (χ4n) is 1.69. The van der Waals surface area contributed by atoms with Crippen molar-refractivity contribution >= 4 is 30.5 Å². The summed E-state index contributed by atoms with van der Waals surface area (Å²) in [6.45, 7) is 6.47. The highest BCUT2D eigenvalue weighted by molar-refractivity contribution is 5.85. The molecule has 0 radical (unpaired) electrons. The molecule has 0 spiro atoms. The van der Waals surface area contributed by atoms with Crippen LogP contribution in [0.1, 0.15) is 5.56 Å². The quantitative estimate of drug-likeness (QED) is 0.821. The molecular weight excluding hydrogens is 233 g/mol. The van der Waals surface area contributed by atoms with Gasteiger partial charge in [0.15, 0.2) is 0 Å². The monoisotopic (exact) mass is 249 g/mol. The second kappa shape index (κ2) is 6.88. The van der Waals surface area contributed by atoms with Crippen LogP contribution in [0.5, 0.6) is 0 Å². The third kappa shape index (κ3) is 3.52. The van der Waals surface area contributed by atoms with Crippen LogP contribution >= 0.6 is 24.8 Å². The molecule has 0 amide bonds. The highest BCUT2D eigenvalue weighted by Gasteiger charge is 2.11. The zero-order valence-electron chi connectivity index (χ0n) is 8.77. The summed E-state index contributed by atoms with van der Waals surface area (Å²) in [5.41, 5.74) is 2.60. The predicted molar refractivity (Wildman–Crippen MR) is 68.6 cm³/mol. The molecule has 1 aromatic heterocycles. The largest absolute Gasteiger partial charge is 0.368 e. The standard InChI is InChI=1S/C10H15N3.2ClH/c1-9-2-3-12-8-10(9)13-6-4-11-5-7-13;;/h2-3,8,11H,4-7H2,1H3;2*1H. The molecule has 0 bridgehead atoms. The number of pyridine rings is 1. The number of nitrogens with one attached hydrogen (secondary N) is 1. The number of aryl methyl sites for hydroxylation is 1. The maximum absolute atomic E-state index is 4.16. The SMILES string of the molecule is Cc1ccncc1N1CCNCC1.Cl.Cl. The van der Waals surface area contributed by atoms with E-state index in [0.29, 0.717) is 0 Å². The van der Waals surface area contributed by atoms with Gasteiger partial charge in [0.1, 0.15) is 0 Å². The molecule has 1 N–H and O–H groups in total. The van der Waals surface area contributed by atoms with Gasteiger partial charge in [-0.15, -0.1) is 24.8 Å². The number of nitrogens with zero attached hydrogens (tertiary/aromatic N) is 2. The molecule has 2 heterocycles. The lowest BCUT2D eigenvalue weighted by Crippen LogP contribution is -2.43. The summed E-state index contributed by atoms with van der Waals surface area (Å²) < 4.78 is 0. The normalized spacial score (nSPS) is 15.1. The Bertz CT molecular complexity index is 288. The molecule has 15 heavy (non-hydrogen) atoms. The summed E-state index contributed by atoms with van der Waals surface area (Å²) in [5, 5.41) is 3.34. The highest BCUT2D eigenvalue weighted by Crippen LogP contribution is 2.17. The van der Waals surface area contributed by atoms with Crippen molar-refractivity contribution in [2.75, 3.05) is 31.1 Å². The van der Waals surface area contributed by atoms with E-state index >= 15 is 0 Å². The first-order valence-corrected chi connectivity index (χ1v) is 4.74. The predicted octanol–water partition coefficient (Wildman–Crippen LogP) is 1.64. The van der Waals surface area contributed by atoms with Gasteiger partial charge in [0.25, 0.3) is 0 Å². The summed E-state index contributed by atoms with van der Waals surface area (Å²) in [7, 11) is 0. The fourth-order valence-corrected chi connectivity index (χ4v) is 1.69. The van der Waals surface area contributed by atoms with Crippen LogP contribution < -0.4 is 10.2 Å². The molecular formula is C10H17Cl2N3. The van der Waals surface area contributed by atoms with Gasteiger partial charge in [-0.05, 0) is 18.6 Å². The third-order valence-corrected chi connectivity index (χ3v) is 2.47. The van der Waals surface area contributed by atoms with Crippen molar-refractivity contribution in [1.82, 2.24) is 10.3 Å². The molecule has 0 aliphatic carbocycles. The molecule has 1 fully saturated rings. The Hall–Kier alpha value is -0.510. The third-order valence-electron chi connectivity index (χ3n) is 2.47. The molecule has 0 saturated carbocycles. The topological polar surface area (TPSA) is 28.2 Å². The van der Waals surface area contributed by atoms with Gasteiger partial charge < -0.3 is 10.2 Å². The van der Waals surface area contributed by atoms with Gasteiger partial charge in [-0.1, -0.05) is 0 Å². The minimum absolute atomic E-state index is 0. The van der Waals surface area contributed by atoms with Crippen molar-refractivity contribution in [3.8, 4) is 0 Å². The lowest BCUT2D eigenvalue weighted by Gasteiger charge is -2.30. The van der Waals surface area contributed by atoms with E-state index in [9.17, 15) is 0 Å². The average molecular weight is 250 g/mol. The van der Waals surface area contributed by atoms with Crippen LogP contribution in [0.2, 0.25) is 0 Å². The Kier molecular flexibility index (Phi) is 6.65. The van der Waals surface area contributed by atoms with Gasteiger partial charge in [0.2, 0.25) is 0 Å². The zero-order valence-corrected chi connectivity index (χ0v) is 10.4. The number of aromatic nitrogens is 1. The lowest BCUT2D eigenvalue weighted by molar-refractivity contribution is 0.588. The van der Waals surface area contributed by atoms with E-state index in [0.717, 1.165) is 26.2 Å². The van der Waals surface area contributed by atoms with Gasteiger partial charge in [-0.2, -0.15) is 0 Å². The molecule has 0 aromatic carbocycles. The minimum atomic E-state index is 0. The number of rotatable bonds is 1. The maximum atomic E-state index is 4.16. The molecule has 1 saturated heterocycles. The van der Waals surface area contributed by atoms with E-state index < -0.39 is 0 Å². The molecule has 0 atom stereocenters. The average Bonchev–Trinajstić information content (AvgIpc) is 2.20. The summed E-state index contributed by atoms with van der Waals surface area (Å²) in [4.78, 5) is 6.55. The highest BCUT2D eigenvalue weighted by atomic mass is 35.5. The number of halogens is 2. The Balaban J connectivity index is 0.000000980. The summed E-state index contributed by atoms with van der Waals surface area (Å²) >= 11 is 0. The van der Waals surface area contributed by atoms with Crippen LogP contribution in [0.4, 0.5) is 5.69 Å². The number of hydrogen-bond donors (Lipinski definition) is 1. The van der Waals surface area contributed by atoms with E-state index in [-0.39, 0.29) is 24.8 Å².